The van der Waals surface area contributed by atoms with Crippen LogP contribution in [0.15, 0.2) is 40.9 Å². The summed E-state index contributed by atoms with van der Waals surface area (Å²) in [6.45, 7) is 0. The minimum atomic E-state index is -0.128. The molecule has 0 heterocycles. The normalized spacial score (nSPS) is 15.8. The molecule has 0 aromatic heterocycles. The molecule has 1 atom stereocenters. The third kappa shape index (κ3) is 2.93. The molecule has 3 rings (SSSR count). The van der Waals surface area contributed by atoms with Crippen LogP contribution in [0.4, 0.5) is 0 Å². The largest absolute Gasteiger partial charge is 0.320 e. The Hall–Kier alpha value is -0.830. The van der Waals surface area contributed by atoms with Gasteiger partial charge in [0.15, 0.2) is 0 Å². The molecule has 0 spiro atoms. The SMILES string of the molecule is NC(c1cc(Cl)cc(Br)c1)c1ccc2c(c1)CCCC2. The Balaban J connectivity index is 1.95. The second kappa shape index (κ2) is 5.88. The Morgan fingerprint density at radius 3 is 2.45 bits per heavy atom. The fourth-order valence-electron chi connectivity index (χ4n) is 2.89. The molecule has 3 heteroatoms. The molecular formula is C17H17BrClN. The second-order valence-corrected chi connectivity index (χ2v) is 6.77. The van der Waals surface area contributed by atoms with Crippen LogP contribution in [0.5, 0.6) is 0 Å². The van der Waals surface area contributed by atoms with Crippen LogP contribution >= 0.6 is 27.5 Å². The van der Waals surface area contributed by atoms with Crippen molar-refractivity contribution >= 4 is 27.5 Å². The van der Waals surface area contributed by atoms with Crippen LogP contribution in [0.3, 0.4) is 0 Å². The zero-order valence-corrected chi connectivity index (χ0v) is 13.5. The van der Waals surface area contributed by atoms with E-state index in [0.717, 1.165) is 10.0 Å². The van der Waals surface area contributed by atoms with Gasteiger partial charge in [-0.3, -0.25) is 0 Å². The van der Waals surface area contributed by atoms with Crippen molar-refractivity contribution in [2.75, 3.05) is 0 Å². The van der Waals surface area contributed by atoms with E-state index in [-0.39, 0.29) is 6.04 Å². The molecule has 0 amide bonds. The summed E-state index contributed by atoms with van der Waals surface area (Å²) in [6, 6.07) is 12.4. The third-order valence-electron chi connectivity index (χ3n) is 3.98. The molecule has 0 radical (unpaired) electrons. The van der Waals surface area contributed by atoms with Crippen LogP contribution in [-0.2, 0) is 12.8 Å². The molecule has 0 saturated heterocycles. The van der Waals surface area contributed by atoms with Gasteiger partial charge >= 0.3 is 0 Å². The molecule has 1 nitrogen and oxygen atoms in total. The smallest absolute Gasteiger partial charge is 0.0552 e. The Morgan fingerprint density at radius 2 is 1.70 bits per heavy atom. The Morgan fingerprint density at radius 1 is 0.950 bits per heavy atom. The van der Waals surface area contributed by atoms with E-state index in [0.29, 0.717) is 5.02 Å². The second-order valence-electron chi connectivity index (χ2n) is 5.42. The van der Waals surface area contributed by atoms with E-state index >= 15 is 0 Å². The Bertz CT molecular complexity index is 619. The summed E-state index contributed by atoms with van der Waals surface area (Å²) in [5.74, 6) is 0. The van der Waals surface area contributed by atoms with Gasteiger partial charge < -0.3 is 5.73 Å². The van der Waals surface area contributed by atoms with E-state index in [1.54, 1.807) is 0 Å². The van der Waals surface area contributed by atoms with Gasteiger partial charge in [0.25, 0.3) is 0 Å². The maximum Gasteiger partial charge on any atom is 0.0552 e. The summed E-state index contributed by atoms with van der Waals surface area (Å²) in [6.07, 6.45) is 4.97. The lowest BCUT2D eigenvalue weighted by atomic mass is 9.88. The maximum atomic E-state index is 6.41. The van der Waals surface area contributed by atoms with E-state index in [9.17, 15) is 0 Å². The minimum absolute atomic E-state index is 0.128. The maximum absolute atomic E-state index is 6.41. The predicted molar refractivity (Wildman–Crippen MR) is 88.3 cm³/mol. The highest BCUT2D eigenvalue weighted by Crippen LogP contribution is 2.29. The van der Waals surface area contributed by atoms with Gasteiger partial charge in [0.2, 0.25) is 0 Å². The number of nitrogens with two attached hydrogens (primary N) is 1. The number of hydrogen-bond donors (Lipinski definition) is 1. The van der Waals surface area contributed by atoms with Gasteiger partial charge in [0, 0.05) is 9.50 Å². The highest BCUT2D eigenvalue weighted by molar-refractivity contribution is 9.10. The number of aryl methyl sites for hydroxylation is 2. The molecule has 20 heavy (non-hydrogen) atoms. The van der Waals surface area contributed by atoms with Crippen LogP contribution in [0.25, 0.3) is 0 Å². The summed E-state index contributed by atoms with van der Waals surface area (Å²) in [5, 5.41) is 0.711. The van der Waals surface area contributed by atoms with Gasteiger partial charge in [-0.2, -0.15) is 0 Å². The number of halogens is 2. The average molecular weight is 351 g/mol. The molecule has 2 aromatic rings. The summed E-state index contributed by atoms with van der Waals surface area (Å²) < 4.78 is 0.966. The van der Waals surface area contributed by atoms with Gasteiger partial charge in [-0.05, 0) is 66.1 Å². The number of fused-ring (bicyclic) bond motifs is 1. The predicted octanol–water partition coefficient (Wildman–Crippen LogP) is 5.03. The van der Waals surface area contributed by atoms with Gasteiger partial charge in [-0.1, -0.05) is 45.7 Å². The van der Waals surface area contributed by atoms with Crippen molar-refractivity contribution in [3.63, 3.8) is 0 Å². The van der Waals surface area contributed by atoms with Crippen molar-refractivity contribution in [2.45, 2.75) is 31.7 Å². The van der Waals surface area contributed by atoms with Gasteiger partial charge in [-0.25, -0.2) is 0 Å². The Kier molecular flexibility index (Phi) is 4.16. The zero-order valence-electron chi connectivity index (χ0n) is 11.2. The Labute approximate surface area is 133 Å². The van der Waals surface area contributed by atoms with E-state index in [1.807, 2.05) is 18.2 Å². The van der Waals surface area contributed by atoms with E-state index in [2.05, 4.69) is 34.1 Å². The highest BCUT2D eigenvalue weighted by atomic mass is 79.9. The third-order valence-corrected chi connectivity index (χ3v) is 4.65. The van der Waals surface area contributed by atoms with Crippen LogP contribution in [0, 0.1) is 0 Å². The molecule has 2 aromatic carbocycles. The standard InChI is InChI=1S/C17H17BrClN/c18-15-8-14(9-16(19)10-15)17(20)13-6-5-11-3-1-2-4-12(11)7-13/h5-10,17H,1-4,20H2. The molecule has 1 unspecified atom stereocenters. The minimum Gasteiger partial charge on any atom is -0.320 e. The van der Waals surface area contributed by atoms with Gasteiger partial charge in [0.1, 0.15) is 0 Å². The van der Waals surface area contributed by atoms with Crippen molar-refractivity contribution in [3.8, 4) is 0 Å². The van der Waals surface area contributed by atoms with E-state index < -0.39 is 0 Å². The molecule has 104 valence electrons. The molecule has 0 bridgehead atoms. The zero-order chi connectivity index (χ0) is 14.1. The first kappa shape index (κ1) is 14.1. The lowest BCUT2D eigenvalue weighted by Crippen LogP contribution is -2.13. The van der Waals surface area contributed by atoms with Crippen LogP contribution in [0.1, 0.15) is 41.1 Å². The summed E-state index contributed by atoms with van der Waals surface area (Å²) in [7, 11) is 0. The molecule has 1 aliphatic carbocycles. The van der Waals surface area contributed by atoms with Crippen molar-refractivity contribution in [1.82, 2.24) is 0 Å². The van der Waals surface area contributed by atoms with Crippen LogP contribution < -0.4 is 5.73 Å². The lowest BCUT2D eigenvalue weighted by molar-refractivity contribution is 0.682. The van der Waals surface area contributed by atoms with Crippen LogP contribution in [-0.4, -0.2) is 0 Å². The lowest BCUT2D eigenvalue weighted by Gasteiger charge is -2.19. The van der Waals surface area contributed by atoms with Crippen molar-refractivity contribution < 1.29 is 0 Å². The molecule has 2 N–H and O–H groups in total. The first-order valence-electron chi connectivity index (χ1n) is 6.97. The van der Waals surface area contributed by atoms with Gasteiger partial charge in [0.05, 0.1) is 6.04 Å². The number of hydrogen-bond acceptors (Lipinski definition) is 1. The summed E-state index contributed by atoms with van der Waals surface area (Å²) >= 11 is 9.59. The summed E-state index contributed by atoms with van der Waals surface area (Å²) in [5.41, 5.74) is 11.6. The van der Waals surface area contributed by atoms with E-state index in [4.69, 9.17) is 17.3 Å². The average Bonchev–Trinajstić information content (AvgIpc) is 2.45. The van der Waals surface area contributed by atoms with E-state index in [1.165, 1.54) is 42.4 Å². The van der Waals surface area contributed by atoms with Crippen LogP contribution in [0.2, 0.25) is 5.02 Å². The van der Waals surface area contributed by atoms with Gasteiger partial charge in [-0.15, -0.1) is 0 Å². The van der Waals surface area contributed by atoms with Crippen molar-refractivity contribution in [2.24, 2.45) is 5.73 Å². The monoisotopic (exact) mass is 349 g/mol. The molecule has 1 aliphatic rings. The molecule has 0 fully saturated rings. The molecule has 0 saturated carbocycles. The molecular weight excluding hydrogens is 334 g/mol. The highest BCUT2D eigenvalue weighted by Gasteiger charge is 2.14. The molecule has 0 aliphatic heterocycles. The fourth-order valence-corrected chi connectivity index (χ4v) is 3.78. The fraction of sp³-hybridized carbons (Fsp3) is 0.294. The topological polar surface area (TPSA) is 26.0 Å². The van der Waals surface area contributed by atoms with Crippen molar-refractivity contribution in [3.05, 3.63) is 68.1 Å². The first-order chi connectivity index (χ1) is 9.63. The number of rotatable bonds is 2. The quantitative estimate of drug-likeness (QED) is 0.807. The number of benzene rings is 2. The summed E-state index contributed by atoms with van der Waals surface area (Å²) in [4.78, 5) is 0. The first-order valence-corrected chi connectivity index (χ1v) is 8.14. The van der Waals surface area contributed by atoms with Crippen molar-refractivity contribution in [1.29, 1.82) is 0 Å².